The number of carbonyl (C=O) groups is 1. The third-order valence-corrected chi connectivity index (χ3v) is 2.31. The zero-order chi connectivity index (χ0) is 12.4. The normalized spacial score (nSPS) is 14.5. The Morgan fingerprint density at radius 3 is 2.56 bits per heavy atom. The number of carbonyl (C=O) groups excluding carboxylic acids is 1. The molecule has 16 heavy (non-hydrogen) atoms. The van der Waals surface area contributed by atoms with E-state index in [-0.39, 0.29) is 5.97 Å². The molecule has 0 heterocycles. The summed E-state index contributed by atoms with van der Waals surface area (Å²) in [5, 5.41) is 2.92. The van der Waals surface area contributed by atoms with E-state index in [4.69, 9.17) is 14.2 Å². The molecule has 0 aromatic rings. The van der Waals surface area contributed by atoms with Crippen LogP contribution in [0, 0.1) is 0 Å². The molecule has 0 amide bonds. The molecule has 0 aliphatic carbocycles. The second kappa shape index (κ2) is 8.50. The Labute approximate surface area is 97.4 Å². The maximum Gasteiger partial charge on any atom is 0.328 e. The topological polar surface area (TPSA) is 56.8 Å². The molecule has 0 fully saturated rings. The van der Waals surface area contributed by atoms with Crippen LogP contribution >= 0.6 is 0 Å². The Morgan fingerprint density at radius 1 is 1.38 bits per heavy atom. The van der Waals surface area contributed by atoms with E-state index in [0.717, 1.165) is 6.42 Å². The highest BCUT2D eigenvalue weighted by Crippen LogP contribution is 2.07. The van der Waals surface area contributed by atoms with E-state index in [1.807, 2.05) is 0 Å². The standard InChI is InChI=1S/C11H23NO4/c1-5-16-10(13)11(2,12-3)9-15-8-6-7-14-4/h12H,5-9H2,1-4H3. The first kappa shape index (κ1) is 15.3. The minimum atomic E-state index is -0.775. The van der Waals surface area contributed by atoms with Crippen molar-refractivity contribution in [3.05, 3.63) is 0 Å². The molecule has 0 aliphatic heterocycles. The summed E-state index contributed by atoms with van der Waals surface area (Å²) < 4.78 is 15.3. The number of likely N-dealkylation sites (N-methyl/N-ethyl adjacent to an activating group) is 1. The molecular weight excluding hydrogens is 210 g/mol. The van der Waals surface area contributed by atoms with Crippen LogP contribution in [0.1, 0.15) is 20.3 Å². The molecule has 5 heteroatoms. The summed E-state index contributed by atoms with van der Waals surface area (Å²) in [7, 11) is 3.37. The maximum atomic E-state index is 11.6. The highest BCUT2D eigenvalue weighted by atomic mass is 16.5. The molecule has 1 unspecified atom stereocenters. The Bertz CT molecular complexity index is 198. The fourth-order valence-electron chi connectivity index (χ4n) is 1.11. The lowest BCUT2D eigenvalue weighted by atomic mass is 10.1. The smallest absolute Gasteiger partial charge is 0.328 e. The quantitative estimate of drug-likeness (QED) is 0.466. The van der Waals surface area contributed by atoms with Crippen LogP contribution in [0.25, 0.3) is 0 Å². The van der Waals surface area contributed by atoms with Gasteiger partial charge in [0, 0.05) is 20.3 Å². The first-order valence-corrected chi connectivity index (χ1v) is 5.53. The molecule has 1 N–H and O–H groups in total. The predicted molar refractivity (Wildman–Crippen MR) is 61.4 cm³/mol. The Balaban J connectivity index is 3.92. The van der Waals surface area contributed by atoms with Gasteiger partial charge >= 0.3 is 5.97 Å². The number of rotatable bonds is 9. The largest absolute Gasteiger partial charge is 0.465 e. The van der Waals surface area contributed by atoms with Crippen LogP contribution in [-0.4, -0.2) is 52.1 Å². The van der Waals surface area contributed by atoms with Gasteiger partial charge in [0.05, 0.1) is 13.2 Å². The van der Waals surface area contributed by atoms with E-state index in [1.54, 1.807) is 28.0 Å². The van der Waals surface area contributed by atoms with Crippen molar-refractivity contribution in [1.82, 2.24) is 5.32 Å². The van der Waals surface area contributed by atoms with Gasteiger partial charge in [0.25, 0.3) is 0 Å². The van der Waals surface area contributed by atoms with Gasteiger partial charge in [-0.1, -0.05) is 0 Å². The van der Waals surface area contributed by atoms with Crippen molar-refractivity contribution in [3.63, 3.8) is 0 Å². The van der Waals surface area contributed by atoms with Crippen molar-refractivity contribution >= 4 is 5.97 Å². The molecule has 0 saturated heterocycles. The summed E-state index contributed by atoms with van der Waals surface area (Å²) in [5.41, 5.74) is -0.775. The fraction of sp³-hybridized carbons (Fsp3) is 0.909. The second-order valence-electron chi connectivity index (χ2n) is 3.70. The second-order valence-corrected chi connectivity index (χ2v) is 3.70. The monoisotopic (exact) mass is 233 g/mol. The van der Waals surface area contributed by atoms with Crippen LogP contribution in [0.2, 0.25) is 0 Å². The molecule has 0 spiro atoms. The third kappa shape index (κ3) is 5.44. The Kier molecular flexibility index (Phi) is 8.15. The zero-order valence-corrected chi connectivity index (χ0v) is 10.7. The van der Waals surface area contributed by atoms with E-state index in [1.165, 1.54) is 0 Å². The summed E-state index contributed by atoms with van der Waals surface area (Å²) in [4.78, 5) is 11.6. The first-order valence-electron chi connectivity index (χ1n) is 5.53. The van der Waals surface area contributed by atoms with Crippen LogP contribution < -0.4 is 5.32 Å². The van der Waals surface area contributed by atoms with Crippen LogP contribution in [0.4, 0.5) is 0 Å². The maximum absolute atomic E-state index is 11.6. The van der Waals surface area contributed by atoms with Gasteiger partial charge in [0.1, 0.15) is 5.54 Å². The van der Waals surface area contributed by atoms with Gasteiger partial charge in [-0.15, -0.1) is 0 Å². The number of hydrogen-bond donors (Lipinski definition) is 1. The molecule has 0 aromatic heterocycles. The molecule has 0 aliphatic rings. The molecule has 0 aromatic carbocycles. The zero-order valence-electron chi connectivity index (χ0n) is 10.7. The van der Waals surface area contributed by atoms with Gasteiger partial charge in [0.2, 0.25) is 0 Å². The van der Waals surface area contributed by atoms with E-state index in [9.17, 15) is 4.79 Å². The molecular formula is C11H23NO4. The highest BCUT2D eigenvalue weighted by Gasteiger charge is 2.33. The summed E-state index contributed by atoms with van der Waals surface area (Å²) in [5.74, 6) is -0.288. The number of methoxy groups -OCH3 is 1. The Hall–Kier alpha value is -0.650. The number of ether oxygens (including phenoxy) is 3. The van der Waals surface area contributed by atoms with Crippen LogP contribution in [-0.2, 0) is 19.0 Å². The van der Waals surface area contributed by atoms with Gasteiger partial charge in [-0.2, -0.15) is 0 Å². The van der Waals surface area contributed by atoms with E-state index >= 15 is 0 Å². The van der Waals surface area contributed by atoms with Crippen molar-refractivity contribution in [3.8, 4) is 0 Å². The SMILES string of the molecule is CCOC(=O)C(C)(COCCCOC)NC. The lowest BCUT2D eigenvalue weighted by Gasteiger charge is -2.26. The van der Waals surface area contributed by atoms with Crippen molar-refractivity contribution in [2.75, 3.05) is 40.6 Å². The molecule has 96 valence electrons. The molecule has 1 atom stereocenters. The van der Waals surface area contributed by atoms with E-state index in [0.29, 0.717) is 26.4 Å². The third-order valence-electron chi connectivity index (χ3n) is 2.31. The molecule has 0 radical (unpaired) electrons. The van der Waals surface area contributed by atoms with E-state index in [2.05, 4.69) is 5.32 Å². The minimum Gasteiger partial charge on any atom is -0.465 e. The summed E-state index contributed by atoms with van der Waals surface area (Å²) in [6.07, 6.45) is 0.819. The predicted octanol–water partition coefficient (Wildman–Crippen LogP) is 0.581. The average Bonchev–Trinajstić information content (AvgIpc) is 2.28. The molecule has 0 rings (SSSR count). The Morgan fingerprint density at radius 2 is 2.06 bits per heavy atom. The van der Waals surface area contributed by atoms with Gasteiger partial charge in [-0.25, -0.2) is 4.79 Å². The van der Waals surface area contributed by atoms with Crippen molar-refractivity contribution in [2.24, 2.45) is 0 Å². The number of nitrogens with one attached hydrogen (secondary N) is 1. The first-order chi connectivity index (χ1) is 7.60. The lowest BCUT2D eigenvalue weighted by molar-refractivity contribution is -0.153. The lowest BCUT2D eigenvalue weighted by Crippen LogP contribution is -2.52. The van der Waals surface area contributed by atoms with Crippen LogP contribution in [0.3, 0.4) is 0 Å². The van der Waals surface area contributed by atoms with Crippen molar-refractivity contribution < 1.29 is 19.0 Å². The summed E-state index contributed by atoms with van der Waals surface area (Å²) in [6.45, 7) is 5.46. The van der Waals surface area contributed by atoms with Gasteiger partial charge < -0.3 is 19.5 Å². The van der Waals surface area contributed by atoms with Crippen LogP contribution in [0.15, 0.2) is 0 Å². The van der Waals surface area contributed by atoms with E-state index < -0.39 is 5.54 Å². The molecule has 0 saturated carbocycles. The highest BCUT2D eigenvalue weighted by molar-refractivity contribution is 5.80. The summed E-state index contributed by atoms with van der Waals surface area (Å²) in [6, 6.07) is 0. The number of esters is 1. The minimum absolute atomic E-state index is 0.288. The molecule has 0 bridgehead atoms. The van der Waals surface area contributed by atoms with Crippen molar-refractivity contribution in [2.45, 2.75) is 25.8 Å². The van der Waals surface area contributed by atoms with Gasteiger partial charge in [-0.05, 0) is 27.3 Å². The van der Waals surface area contributed by atoms with Crippen LogP contribution in [0.5, 0.6) is 0 Å². The van der Waals surface area contributed by atoms with Gasteiger partial charge in [0.15, 0.2) is 0 Å². The average molecular weight is 233 g/mol. The number of hydrogen-bond acceptors (Lipinski definition) is 5. The fourth-order valence-corrected chi connectivity index (χ4v) is 1.11. The van der Waals surface area contributed by atoms with Gasteiger partial charge in [-0.3, -0.25) is 0 Å². The van der Waals surface area contributed by atoms with Crippen molar-refractivity contribution in [1.29, 1.82) is 0 Å². The molecule has 5 nitrogen and oxygen atoms in total. The summed E-state index contributed by atoms with van der Waals surface area (Å²) >= 11 is 0.